The lowest BCUT2D eigenvalue weighted by atomic mass is 10.1. The van der Waals surface area contributed by atoms with Crippen LogP contribution in [0.15, 0.2) is 82.1 Å². The van der Waals surface area contributed by atoms with Crippen LogP contribution in [0.1, 0.15) is 27.2 Å². The van der Waals surface area contributed by atoms with Crippen LogP contribution >= 0.6 is 0 Å². The fourth-order valence-corrected chi connectivity index (χ4v) is 5.15. The van der Waals surface area contributed by atoms with E-state index in [-0.39, 0.29) is 23.7 Å². The molecule has 1 heterocycles. The van der Waals surface area contributed by atoms with Crippen molar-refractivity contribution in [3.05, 3.63) is 101 Å². The molecule has 0 aliphatic heterocycles. The van der Waals surface area contributed by atoms with E-state index in [0.29, 0.717) is 28.5 Å². The first-order chi connectivity index (χ1) is 15.8. The average molecular weight is 468 g/mol. The third-order valence-corrected chi connectivity index (χ3v) is 7.35. The number of carboxylic acid groups (broad SMARTS) is 1. The molecule has 170 valence electrons. The van der Waals surface area contributed by atoms with Crippen molar-refractivity contribution < 1.29 is 27.1 Å². The van der Waals surface area contributed by atoms with Gasteiger partial charge in [0.25, 0.3) is 0 Å². The van der Waals surface area contributed by atoms with Crippen LogP contribution in [0.4, 0.5) is 4.39 Å². The molecule has 3 aromatic carbocycles. The second-order valence-corrected chi connectivity index (χ2v) is 9.66. The van der Waals surface area contributed by atoms with Gasteiger partial charge in [-0.2, -0.15) is 4.31 Å². The molecule has 0 spiro atoms. The smallest absolute Gasteiger partial charge is 0.372 e. The number of furan rings is 1. The van der Waals surface area contributed by atoms with Gasteiger partial charge in [0.1, 0.15) is 11.4 Å². The van der Waals surface area contributed by atoms with Crippen molar-refractivity contribution in [2.75, 3.05) is 6.54 Å². The van der Waals surface area contributed by atoms with Gasteiger partial charge in [-0.05, 0) is 54.8 Å². The summed E-state index contributed by atoms with van der Waals surface area (Å²) in [6, 6.07) is 19.6. The van der Waals surface area contributed by atoms with Gasteiger partial charge in [-0.3, -0.25) is 0 Å². The second kappa shape index (κ2) is 9.17. The fraction of sp³-hybridized carbons (Fsp3) is 0.160. The zero-order valence-corrected chi connectivity index (χ0v) is 18.7. The van der Waals surface area contributed by atoms with E-state index in [2.05, 4.69) is 0 Å². The summed E-state index contributed by atoms with van der Waals surface area (Å²) in [4.78, 5) is 11.4. The quantitative estimate of drug-likeness (QED) is 0.394. The predicted octanol–water partition coefficient (Wildman–Crippen LogP) is 5.01. The Morgan fingerprint density at radius 1 is 1.00 bits per heavy atom. The van der Waals surface area contributed by atoms with Crippen LogP contribution in [0.3, 0.4) is 0 Å². The highest BCUT2D eigenvalue weighted by molar-refractivity contribution is 7.89. The van der Waals surface area contributed by atoms with Crippen LogP contribution in [-0.4, -0.2) is 30.3 Å². The monoisotopic (exact) mass is 467 g/mol. The first-order valence-corrected chi connectivity index (χ1v) is 11.7. The van der Waals surface area contributed by atoms with Gasteiger partial charge in [0.05, 0.1) is 4.90 Å². The van der Waals surface area contributed by atoms with E-state index in [0.717, 1.165) is 5.56 Å². The number of carbonyl (C=O) groups is 1. The summed E-state index contributed by atoms with van der Waals surface area (Å²) in [5.74, 6) is -1.83. The summed E-state index contributed by atoms with van der Waals surface area (Å²) in [5.41, 5.74) is 2.31. The molecule has 1 aromatic heterocycles. The number of hydrogen-bond donors (Lipinski definition) is 1. The molecule has 4 aromatic rings. The number of carboxylic acids is 1. The second-order valence-electron chi connectivity index (χ2n) is 7.72. The topological polar surface area (TPSA) is 87.8 Å². The molecule has 0 amide bonds. The molecule has 0 radical (unpaired) electrons. The molecule has 0 bridgehead atoms. The molecule has 0 unspecified atom stereocenters. The van der Waals surface area contributed by atoms with E-state index < -0.39 is 21.8 Å². The first kappa shape index (κ1) is 22.7. The van der Waals surface area contributed by atoms with Gasteiger partial charge in [-0.25, -0.2) is 17.6 Å². The maximum atomic E-state index is 13.6. The van der Waals surface area contributed by atoms with E-state index in [4.69, 9.17) is 4.42 Å². The Bertz CT molecular complexity index is 1400. The minimum atomic E-state index is -3.95. The molecule has 0 fully saturated rings. The minimum absolute atomic E-state index is 0.0333. The number of halogens is 1. The molecular weight excluding hydrogens is 445 g/mol. The Hall–Kier alpha value is -3.49. The van der Waals surface area contributed by atoms with Crippen molar-refractivity contribution in [1.29, 1.82) is 0 Å². The van der Waals surface area contributed by atoms with E-state index in [1.807, 2.05) is 30.3 Å². The lowest BCUT2D eigenvalue weighted by Crippen LogP contribution is -2.32. The predicted molar refractivity (Wildman–Crippen MR) is 122 cm³/mol. The lowest BCUT2D eigenvalue weighted by Gasteiger charge is -2.22. The van der Waals surface area contributed by atoms with Crippen molar-refractivity contribution in [3.63, 3.8) is 0 Å². The summed E-state index contributed by atoms with van der Waals surface area (Å²) >= 11 is 0. The molecule has 0 saturated heterocycles. The van der Waals surface area contributed by atoms with Gasteiger partial charge in [0.15, 0.2) is 0 Å². The highest BCUT2D eigenvalue weighted by Gasteiger charge is 2.26. The van der Waals surface area contributed by atoms with Gasteiger partial charge in [-0.15, -0.1) is 0 Å². The fourth-order valence-electron chi connectivity index (χ4n) is 3.69. The third-order valence-electron chi connectivity index (χ3n) is 5.50. The molecule has 0 saturated carbocycles. The van der Waals surface area contributed by atoms with E-state index in [1.165, 1.54) is 34.6 Å². The standard InChI is InChI=1S/C25H22FNO5S/c1-17-22-15-21(11-12-23(22)32-24(17)25(28)29)33(30,31)27(14-13-18-5-3-2-4-6-18)16-19-7-9-20(26)10-8-19/h2-12,15H,13-14,16H2,1H3,(H,28,29). The number of fused-ring (bicyclic) bond motifs is 1. The van der Waals surface area contributed by atoms with E-state index in [1.54, 1.807) is 19.1 Å². The molecule has 0 aliphatic rings. The summed E-state index contributed by atoms with van der Waals surface area (Å²) in [6.07, 6.45) is 0.497. The number of rotatable bonds is 8. The Morgan fingerprint density at radius 3 is 2.36 bits per heavy atom. The molecule has 6 nitrogen and oxygen atoms in total. The SMILES string of the molecule is Cc1c(C(=O)O)oc2ccc(S(=O)(=O)N(CCc3ccccc3)Cc3ccc(F)cc3)cc12. The summed E-state index contributed by atoms with van der Waals surface area (Å²) < 4.78 is 47.3. The van der Waals surface area contributed by atoms with Crippen molar-refractivity contribution in [1.82, 2.24) is 4.31 Å². The van der Waals surface area contributed by atoms with Gasteiger partial charge in [-0.1, -0.05) is 42.5 Å². The summed E-state index contributed by atoms with van der Waals surface area (Å²) in [5, 5.41) is 9.73. The molecule has 1 N–H and O–H groups in total. The normalized spacial score (nSPS) is 11.8. The highest BCUT2D eigenvalue weighted by atomic mass is 32.2. The molecule has 4 rings (SSSR count). The number of sulfonamides is 1. The number of hydrogen-bond acceptors (Lipinski definition) is 4. The van der Waals surface area contributed by atoms with Gasteiger partial charge in [0.2, 0.25) is 15.8 Å². The van der Waals surface area contributed by atoms with Gasteiger partial charge < -0.3 is 9.52 Å². The minimum Gasteiger partial charge on any atom is -0.475 e. The average Bonchev–Trinajstić information content (AvgIpc) is 3.14. The lowest BCUT2D eigenvalue weighted by molar-refractivity contribution is 0.0664. The van der Waals surface area contributed by atoms with Gasteiger partial charge in [0, 0.05) is 24.0 Å². The molecule has 0 atom stereocenters. The molecule has 8 heteroatoms. The Balaban J connectivity index is 1.71. The Morgan fingerprint density at radius 2 is 1.70 bits per heavy atom. The van der Waals surface area contributed by atoms with E-state index in [9.17, 15) is 22.7 Å². The van der Waals surface area contributed by atoms with Gasteiger partial charge >= 0.3 is 5.97 Å². The highest BCUT2D eigenvalue weighted by Crippen LogP contribution is 2.29. The maximum Gasteiger partial charge on any atom is 0.372 e. The van der Waals surface area contributed by atoms with E-state index >= 15 is 0 Å². The van der Waals surface area contributed by atoms with Crippen LogP contribution in [0.2, 0.25) is 0 Å². The summed E-state index contributed by atoms with van der Waals surface area (Å²) in [6.45, 7) is 1.86. The first-order valence-electron chi connectivity index (χ1n) is 10.3. The number of nitrogens with zero attached hydrogens (tertiary/aromatic N) is 1. The zero-order chi connectivity index (χ0) is 23.6. The van der Waals surface area contributed by atoms with Crippen molar-refractivity contribution in [3.8, 4) is 0 Å². The zero-order valence-electron chi connectivity index (χ0n) is 17.9. The van der Waals surface area contributed by atoms with Crippen molar-refractivity contribution in [2.24, 2.45) is 0 Å². The number of aromatic carboxylic acids is 1. The molecular formula is C25H22FNO5S. The van der Waals surface area contributed by atoms with Crippen molar-refractivity contribution >= 4 is 27.0 Å². The Kier molecular flexibility index (Phi) is 6.31. The van der Waals surface area contributed by atoms with Crippen LogP contribution in [0.5, 0.6) is 0 Å². The number of aryl methyl sites for hydroxylation is 1. The molecule has 33 heavy (non-hydrogen) atoms. The maximum absolute atomic E-state index is 13.6. The van der Waals surface area contributed by atoms with Crippen LogP contribution in [-0.2, 0) is 23.0 Å². The van der Waals surface area contributed by atoms with Crippen molar-refractivity contribution in [2.45, 2.75) is 24.8 Å². The van der Waals surface area contributed by atoms with Crippen LogP contribution < -0.4 is 0 Å². The molecule has 0 aliphatic carbocycles. The van der Waals surface area contributed by atoms with Crippen LogP contribution in [0.25, 0.3) is 11.0 Å². The third kappa shape index (κ3) is 4.81. The van der Waals surface area contributed by atoms with Crippen LogP contribution in [0, 0.1) is 12.7 Å². The largest absolute Gasteiger partial charge is 0.475 e. The Labute approximate surface area is 190 Å². The number of benzene rings is 3. The summed E-state index contributed by atoms with van der Waals surface area (Å²) in [7, 11) is -3.95.